The first-order chi connectivity index (χ1) is 15.7. The lowest BCUT2D eigenvalue weighted by molar-refractivity contribution is -0.115. The highest BCUT2D eigenvalue weighted by Gasteiger charge is 2.15. The lowest BCUT2D eigenvalue weighted by Crippen LogP contribution is -2.35. The molecule has 0 aromatic heterocycles. The van der Waals surface area contributed by atoms with Crippen LogP contribution in [-0.2, 0) is 16.1 Å². The molecule has 1 aliphatic heterocycles. The molecule has 0 radical (unpaired) electrons. The molecule has 2 N–H and O–H groups in total. The van der Waals surface area contributed by atoms with Crippen molar-refractivity contribution in [2.45, 2.75) is 19.5 Å². The molecule has 1 atom stereocenters. The van der Waals surface area contributed by atoms with E-state index in [0.29, 0.717) is 0 Å². The molecule has 0 bridgehead atoms. The Morgan fingerprint density at radius 1 is 0.906 bits per heavy atom. The summed E-state index contributed by atoms with van der Waals surface area (Å²) in [5, 5.41) is 6.43. The van der Waals surface area contributed by atoms with Crippen LogP contribution >= 0.6 is 0 Å². The summed E-state index contributed by atoms with van der Waals surface area (Å²) in [6.45, 7) is 6.74. The number of morpholine rings is 1. The fraction of sp³-hybridized carbons (Fsp3) is 0.296. The van der Waals surface area contributed by atoms with Gasteiger partial charge < -0.3 is 10.1 Å². The predicted molar refractivity (Wildman–Crippen MR) is 129 cm³/mol. The fourth-order valence-electron chi connectivity index (χ4n) is 3.94. The number of nitrogens with one attached hydrogen (secondary N) is 2. The standard InChI is InChI=1S/C27H31N3O2/c1-21-7-11-24(12-8-21)27(23-5-3-2-4-6-23)28-19-26(31)29-25-13-9-22(10-14-25)20-30-15-17-32-18-16-30/h2-14,27-28H,15-20H2,1H3,(H,29,31). The summed E-state index contributed by atoms with van der Waals surface area (Å²) in [5.41, 5.74) is 5.55. The maximum absolute atomic E-state index is 12.6. The van der Waals surface area contributed by atoms with Crippen molar-refractivity contribution in [2.24, 2.45) is 0 Å². The second-order valence-electron chi connectivity index (χ2n) is 8.27. The molecular formula is C27H31N3O2. The van der Waals surface area contributed by atoms with Crippen molar-refractivity contribution in [3.8, 4) is 0 Å². The molecular weight excluding hydrogens is 398 g/mol. The lowest BCUT2D eigenvalue weighted by Gasteiger charge is -2.26. The van der Waals surface area contributed by atoms with Crippen LogP contribution in [0.2, 0.25) is 0 Å². The van der Waals surface area contributed by atoms with E-state index in [1.165, 1.54) is 11.1 Å². The Bertz CT molecular complexity index is 982. The van der Waals surface area contributed by atoms with Gasteiger partial charge in [-0.3, -0.25) is 15.0 Å². The monoisotopic (exact) mass is 429 g/mol. The van der Waals surface area contributed by atoms with Crippen molar-refractivity contribution in [3.63, 3.8) is 0 Å². The SMILES string of the molecule is Cc1ccc(C(NCC(=O)Nc2ccc(CN3CCOCC3)cc2)c2ccccc2)cc1. The van der Waals surface area contributed by atoms with Gasteiger partial charge in [-0.2, -0.15) is 0 Å². The maximum Gasteiger partial charge on any atom is 0.238 e. The van der Waals surface area contributed by atoms with Crippen LogP contribution in [0.3, 0.4) is 0 Å². The van der Waals surface area contributed by atoms with Crippen molar-refractivity contribution in [3.05, 3.63) is 101 Å². The molecule has 3 aromatic carbocycles. The van der Waals surface area contributed by atoms with Gasteiger partial charge >= 0.3 is 0 Å². The van der Waals surface area contributed by atoms with Crippen LogP contribution in [0.15, 0.2) is 78.9 Å². The molecule has 5 heteroatoms. The van der Waals surface area contributed by atoms with Crippen molar-refractivity contribution >= 4 is 11.6 Å². The number of carbonyl (C=O) groups is 1. The van der Waals surface area contributed by atoms with Crippen molar-refractivity contribution in [1.29, 1.82) is 0 Å². The fourth-order valence-corrected chi connectivity index (χ4v) is 3.94. The molecule has 5 nitrogen and oxygen atoms in total. The minimum absolute atomic E-state index is 0.0431. The summed E-state index contributed by atoms with van der Waals surface area (Å²) in [5.74, 6) is -0.0565. The topological polar surface area (TPSA) is 53.6 Å². The van der Waals surface area contributed by atoms with E-state index in [-0.39, 0.29) is 18.5 Å². The number of hydrogen-bond donors (Lipinski definition) is 2. The zero-order valence-electron chi connectivity index (χ0n) is 18.6. The number of ether oxygens (including phenoxy) is 1. The van der Waals surface area contributed by atoms with E-state index in [0.717, 1.165) is 49.7 Å². The molecule has 1 heterocycles. The van der Waals surface area contributed by atoms with Crippen LogP contribution in [-0.4, -0.2) is 43.7 Å². The number of carbonyl (C=O) groups excluding carboxylic acids is 1. The van der Waals surface area contributed by atoms with Gasteiger partial charge in [0.2, 0.25) is 5.91 Å². The number of amides is 1. The summed E-state index contributed by atoms with van der Waals surface area (Å²) in [6.07, 6.45) is 0. The number of nitrogens with zero attached hydrogens (tertiary/aromatic N) is 1. The van der Waals surface area contributed by atoms with Crippen molar-refractivity contribution < 1.29 is 9.53 Å². The summed E-state index contributed by atoms with van der Waals surface area (Å²) < 4.78 is 5.41. The van der Waals surface area contributed by atoms with Crippen LogP contribution < -0.4 is 10.6 Å². The van der Waals surface area contributed by atoms with Crippen LogP contribution in [0.1, 0.15) is 28.3 Å². The third kappa shape index (κ3) is 6.26. The first-order valence-electron chi connectivity index (χ1n) is 11.2. The Morgan fingerprint density at radius 2 is 1.56 bits per heavy atom. The van der Waals surface area contributed by atoms with Gasteiger partial charge in [0.25, 0.3) is 0 Å². The van der Waals surface area contributed by atoms with Crippen LogP contribution in [0, 0.1) is 6.92 Å². The molecule has 1 fully saturated rings. The second kappa shape index (κ2) is 11.0. The first-order valence-corrected chi connectivity index (χ1v) is 11.2. The van der Waals surface area contributed by atoms with Gasteiger partial charge in [0.1, 0.15) is 0 Å². The molecule has 166 valence electrons. The summed E-state index contributed by atoms with van der Waals surface area (Å²) >= 11 is 0. The van der Waals surface area contributed by atoms with Crippen LogP contribution in [0.25, 0.3) is 0 Å². The average molecular weight is 430 g/mol. The molecule has 1 unspecified atom stereocenters. The van der Waals surface area contributed by atoms with Crippen LogP contribution in [0.5, 0.6) is 0 Å². The molecule has 3 aromatic rings. The van der Waals surface area contributed by atoms with Crippen molar-refractivity contribution in [2.75, 3.05) is 38.2 Å². The number of anilines is 1. The van der Waals surface area contributed by atoms with E-state index >= 15 is 0 Å². The normalized spacial score (nSPS) is 15.3. The van der Waals surface area contributed by atoms with E-state index in [9.17, 15) is 4.79 Å². The molecule has 4 rings (SSSR count). The van der Waals surface area contributed by atoms with Gasteiger partial charge in [0, 0.05) is 25.3 Å². The number of aryl methyl sites for hydroxylation is 1. The number of rotatable bonds is 8. The molecule has 1 saturated heterocycles. The number of hydrogen-bond acceptors (Lipinski definition) is 4. The zero-order valence-corrected chi connectivity index (χ0v) is 18.6. The average Bonchev–Trinajstić information content (AvgIpc) is 2.83. The quantitative estimate of drug-likeness (QED) is 0.565. The highest BCUT2D eigenvalue weighted by molar-refractivity contribution is 5.92. The Labute approximate surface area is 190 Å². The van der Waals surface area contributed by atoms with Gasteiger partial charge in [-0.25, -0.2) is 0 Å². The Hall–Kier alpha value is -2.99. The molecule has 1 aliphatic rings. The molecule has 0 spiro atoms. The molecule has 1 amide bonds. The molecule has 32 heavy (non-hydrogen) atoms. The van der Waals surface area contributed by atoms with Gasteiger partial charge in [-0.1, -0.05) is 72.3 Å². The van der Waals surface area contributed by atoms with Gasteiger partial charge in [-0.05, 0) is 35.7 Å². The third-order valence-electron chi connectivity index (χ3n) is 5.76. The van der Waals surface area contributed by atoms with E-state index < -0.39 is 0 Å². The van der Waals surface area contributed by atoms with E-state index in [4.69, 9.17) is 4.74 Å². The highest BCUT2D eigenvalue weighted by Crippen LogP contribution is 2.22. The smallest absolute Gasteiger partial charge is 0.238 e. The summed E-state index contributed by atoms with van der Waals surface area (Å²) in [4.78, 5) is 15.0. The van der Waals surface area contributed by atoms with Gasteiger partial charge in [0.15, 0.2) is 0 Å². The Kier molecular flexibility index (Phi) is 7.67. The minimum atomic E-state index is -0.0565. The second-order valence-corrected chi connectivity index (χ2v) is 8.27. The third-order valence-corrected chi connectivity index (χ3v) is 5.76. The summed E-state index contributed by atoms with van der Waals surface area (Å²) in [7, 11) is 0. The Morgan fingerprint density at radius 3 is 2.25 bits per heavy atom. The number of benzene rings is 3. The molecule has 0 saturated carbocycles. The largest absolute Gasteiger partial charge is 0.379 e. The maximum atomic E-state index is 12.6. The van der Waals surface area contributed by atoms with E-state index in [1.54, 1.807) is 0 Å². The lowest BCUT2D eigenvalue weighted by atomic mass is 9.98. The highest BCUT2D eigenvalue weighted by atomic mass is 16.5. The minimum Gasteiger partial charge on any atom is -0.379 e. The van der Waals surface area contributed by atoms with E-state index in [1.807, 2.05) is 30.3 Å². The van der Waals surface area contributed by atoms with E-state index in [2.05, 4.69) is 71.0 Å². The predicted octanol–water partition coefficient (Wildman–Crippen LogP) is 4.14. The van der Waals surface area contributed by atoms with Gasteiger partial charge in [0.05, 0.1) is 25.8 Å². The van der Waals surface area contributed by atoms with Gasteiger partial charge in [-0.15, -0.1) is 0 Å². The molecule has 0 aliphatic carbocycles. The summed E-state index contributed by atoms with van der Waals surface area (Å²) in [6, 6.07) is 26.7. The first kappa shape index (κ1) is 22.2. The van der Waals surface area contributed by atoms with Crippen molar-refractivity contribution in [1.82, 2.24) is 10.2 Å². The zero-order chi connectivity index (χ0) is 22.2. The van der Waals surface area contributed by atoms with Crippen LogP contribution in [0.4, 0.5) is 5.69 Å². The Balaban J connectivity index is 1.34.